The molecule has 198 valence electrons. The highest BCUT2D eigenvalue weighted by molar-refractivity contribution is 8.01. The van der Waals surface area contributed by atoms with Crippen LogP contribution >= 0.6 is 23.1 Å². The van der Waals surface area contributed by atoms with E-state index in [1.165, 1.54) is 18.2 Å². The SMILES string of the molecule is Cc1ccc(F)cc1NC(=O)CSc1nnc(N2C(N)=C(C#N)C(c3ccccc3F)C3=C2CCCC3=O)s1. The van der Waals surface area contributed by atoms with Gasteiger partial charge in [-0.1, -0.05) is 47.4 Å². The highest BCUT2D eigenvalue weighted by Gasteiger charge is 2.42. The number of hydrogen-bond acceptors (Lipinski definition) is 9. The van der Waals surface area contributed by atoms with E-state index in [0.29, 0.717) is 39.3 Å². The first kappa shape index (κ1) is 26.5. The Balaban J connectivity index is 1.42. The van der Waals surface area contributed by atoms with Crippen LogP contribution in [0.2, 0.25) is 0 Å². The number of nitrogens with two attached hydrogens (primary N) is 1. The maximum Gasteiger partial charge on any atom is 0.234 e. The predicted molar refractivity (Wildman–Crippen MR) is 145 cm³/mol. The Morgan fingerprint density at radius 3 is 2.82 bits per heavy atom. The maximum absolute atomic E-state index is 14.9. The quantitative estimate of drug-likeness (QED) is 0.394. The summed E-state index contributed by atoms with van der Waals surface area (Å²) in [6, 6.07) is 12.3. The summed E-state index contributed by atoms with van der Waals surface area (Å²) in [6.45, 7) is 1.76. The lowest BCUT2D eigenvalue weighted by Gasteiger charge is -2.38. The summed E-state index contributed by atoms with van der Waals surface area (Å²) in [5.74, 6) is -2.33. The average molecular weight is 565 g/mol. The number of carbonyl (C=O) groups excluding carboxylic acids is 2. The Morgan fingerprint density at radius 2 is 2.05 bits per heavy atom. The topological polar surface area (TPSA) is 125 Å². The van der Waals surface area contributed by atoms with Crippen molar-refractivity contribution in [2.45, 2.75) is 36.4 Å². The van der Waals surface area contributed by atoms with Crippen LogP contribution in [0.1, 0.15) is 36.3 Å². The molecule has 1 aliphatic heterocycles. The minimum Gasteiger partial charge on any atom is -0.384 e. The molecule has 3 N–H and O–H groups in total. The van der Waals surface area contributed by atoms with E-state index in [1.54, 1.807) is 36.1 Å². The van der Waals surface area contributed by atoms with Crippen LogP contribution in [0.15, 0.2) is 69.5 Å². The number of anilines is 2. The summed E-state index contributed by atoms with van der Waals surface area (Å²) in [7, 11) is 0. The molecular formula is C27H22F2N6O2S2. The smallest absolute Gasteiger partial charge is 0.234 e. The van der Waals surface area contributed by atoms with Gasteiger partial charge in [-0.15, -0.1) is 10.2 Å². The molecule has 2 aromatic carbocycles. The molecule has 12 heteroatoms. The summed E-state index contributed by atoms with van der Waals surface area (Å²) in [5.41, 5.74) is 8.80. The molecule has 3 aromatic rings. The van der Waals surface area contributed by atoms with E-state index in [4.69, 9.17) is 5.73 Å². The van der Waals surface area contributed by atoms with Crippen molar-refractivity contribution in [1.29, 1.82) is 5.26 Å². The normalized spacial score (nSPS) is 17.2. The summed E-state index contributed by atoms with van der Waals surface area (Å²) in [5, 5.41) is 21.5. The van der Waals surface area contributed by atoms with Gasteiger partial charge in [0.2, 0.25) is 11.0 Å². The second kappa shape index (κ2) is 11.0. The second-order valence-electron chi connectivity index (χ2n) is 8.98. The fraction of sp³-hybridized carbons (Fsp3) is 0.222. The molecular weight excluding hydrogens is 542 g/mol. The Bertz CT molecular complexity index is 1590. The Morgan fingerprint density at radius 1 is 1.26 bits per heavy atom. The molecule has 39 heavy (non-hydrogen) atoms. The van der Waals surface area contributed by atoms with Gasteiger partial charge in [-0.3, -0.25) is 14.5 Å². The first-order valence-corrected chi connectivity index (χ1v) is 13.8. The zero-order valence-electron chi connectivity index (χ0n) is 20.7. The van der Waals surface area contributed by atoms with Gasteiger partial charge in [0.05, 0.1) is 23.3 Å². The number of Topliss-reactive ketones (excluding diaryl/α,β-unsaturated/α-hetero) is 1. The summed E-state index contributed by atoms with van der Waals surface area (Å²) >= 11 is 2.29. The van der Waals surface area contributed by atoms with E-state index in [9.17, 15) is 23.6 Å². The van der Waals surface area contributed by atoms with Crippen molar-refractivity contribution in [2.24, 2.45) is 5.73 Å². The van der Waals surface area contributed by atoms with Gasteiger partial charge in [0.25, 0.3) is 0 Å². The molecule has 0 spiro atoms. The molecule has 0 radical (unpaired) electrons. The van der Waals surface area contributed by atoms with Crippen LogP contribution in [0.4, 0.5) is 19.6 Å². The van der Waals surface area contributed by atoms with Crippen molar-refractivity contribution in [3.05, 3.63) is 87.9 Å². The largest absolute Gasteiger partial charge is 0.384 e. The summed E-state index contributed by atoms with van der Waals surface area (Å²) in [4.78, 5) is 27.2. The monoisotopic (exact) mass is 564 g/mol. The highest BCUT2D eigenvalue weighted by Crippen LogP contribution is 2.47. The van der Waals surface area contributed by atoms with Crippen molar-refractivity contribution >= 4 is 45.6 Å². The summed E-state index contributed by atoms with van der Waals surface area (Å²) in [6.07, 6.45) is 1.35. The van der Waals surface area contributed by atoms with E-state index in [0.717, 1.165) is 28.7 Å². The molecule has 0 fully saturated rings. The average Bonchev–Trinajstić information content (AvgIpc) is 3.38. The van der Waals surface area contributed by atoms with Crippen molar-refractivity contribution in [3.63, 3.8) is 0 Å². The molecule has 5 rings (SSSR count). The number of hydrogen-bond donors (Lipinski definition) is 2. The molecule has 2 heterocycles. The molecule has 8 nitrogen and oxygen atoms in total. The fourth-order valence-electron chi connectivity index (χ4n) is 4.72. The van der Waals surface area contributed by atoms with Crippen LogP contribution in [-0.2, 0) is 9.59 Å². The number of nitrogens with zero attached hydrogens (tertiary/aromatic N) is 4. The lowest BCUT2D eigenvalue weighted by molar-refractivity contribution is -0.116. The van der Waals surface area contributed by atoms with Crippen LogP contribution in [0.25, 0.3) is 0 Å². The molecule has 1 atom stereocenters. The second-order valence-corrected chi connectivity index (χ2v) is 11.2. The molecule has 0 saturated heterocycles. The number of allylic oxidation sites excluding steroid dienone is 3. The first-order chi connectivity index (χ1) is 18.8. The molecule has 2 aliphatic rings. The number of aromatic nitrogens is 2. The number of amides is 1. The van der Waals surface area contributed by atoms with Gasteiger partial charge in [-0.05, 0) is 43.5 Å². The van der Waals surface area contributed by atoms with Gasteiger partial charge in [0.15, 0.2) is 10.1 Å². The zero-order chi connectivity index (χ0) is 27.7. The Labute approximate surface area is 231 Å². The third-order valence-corrected chi connectivity index (χ3v) is 8.56. The Kier molecular flexibility index (Phi) is 7.45. The lowest BCUT2D eigenvalue weighted by atomic mass is 9.75. The first-order valence-electron chi connectivity index (χ1n) is 12.0. The minimum atomic E-state index is -0.910. The fourth-order valence-corrected chi connectivity index (χ4v) is 6.40. The van der Waals surface area contributed by atoms with Crippen LogP contribution in [0, 0.1) is 29.9 Å². The van der Waals surface area contributed by atoms with Crippen molar-refractivity contribution in [3.8, 4) is 6.07 Å². The van der Waals surface area contributed by atoms with Gasteiger partial charge in [0.1, 0.15) is 17.5 Å². The van der Waals surface area contributed by atoms with Gasteiger partial charge >= 0.3 is 0 Å². The summed E-state index contributed by atoms with van der Waals surface area (Å²) < 4.78 is 28.9. The molecule has 0 saturated carbocycles. The number of thioether (sulfide) groups is 1. The van der Waals surface area contributed by atoms with Crippen molar-refractivity contribution < 1.29 is 18.4 Å². The minimum absolute atomic E-state index is 0.00114. The third kappa shape index (κ3) is 5.15. The van der Waals surface area contributed by atoms with Crippen LogP contribution < -0.4 is 16.0 Å². The van der Waals surface area contributed by atoms with Crippen LogP contribution in [-0.4, -0.2) is 27.6 Å². The van der Waals surface area contributed by atoms with Crippen LogP contribution in [0.5, 0.6) is 0 Å². The molecule has 1 unspecified atom stereocenters. The molecule has 1 amide bonds. The number of rotatable bonds is 6. The number of carbonyl (C=O) groups is 2. The number of nitriles is 1. The van der Waals surface area contributed by atoms with Gasteiger partial charge in [-0.2, -0.15) is 5.26 Å². The highest BCUT2D eigenvalue weighted by atomic mass is 32.2. The zero-order valence-corrected chi connectivity index (χ0v) is 22.3. The number of benzene rings is 2. The van der Waals surface area contributed by atoms with Crippen molar-refractivity contribution in [2.75, 3.05) is 16.0 Å². The Hall–Kier alpha value is -4.08. The standard InChI is InChI=1S/C27H22F2N6O2S2/c1-14-9-10-15(28)11-19(14)32-22(37)13-38-27-34-33-26(39-27)35-20-7-4-8-21(36)24(20)23(17(12-30)25(35)31)16-5-2-3-6-18(16)29/h2-3,5-6,9-11,23H,4,7-8,13,31H2,1H3,(H,32,37). The molecule has 1 aliphatic carbocycles. The van der Waals surface area contributed by atoms with E-state index < -0.39 is 17.6 Å². The van der Waals surface area contributed by atoms with E-state index in [1.807, 2.05) is 0 Å². The van der Waals surface area contributed by atoms with E-state index >= 15 is 0 Å². The van der Waals surface area contributed by atoms with Crippen molar-refractivity contribution in [1.82, 2.24) is 10.2 Å². The lowest BCUT2D eigenvalue weighted by Crippen LogP contribution is -2.38. The predicted octanol–water partition coefficient (Wildman–Crippen LogP) is 5.16. The number of nitrogens with one attached hydrogen (secondary N) is 1. The molecule has 0 bridgehead atoms. The third-order valence-electron chi connectivity index (χ3n) is 6.52. The number of halogens is 2. The van der Waals surface area contributed by atoms with Gasteiger partial charge in [-0.25, -0.2) is 8.78 Å². The van der Waals surface area contributed by atoms with E-state index in [2.05, 4.69) is 21.6 Å². The maximum atomic E-state index is 14.9. The molecule has 1 aromatic heterocycles. The van der Waals surface area contributed by atoms with Crippen LogP contribution in [0.3, 0.4) is 0 Å². The number of aryl methyl sites for hydroxylation is 1. The van der Waals surface area contributed by atoms with Gasteiger partial charge < -0.3 is 11.1 Å². The number of ketones is 1. The van der Waals surface area contributed by atoms with Gasteiger partial charge in [0, 0.05) is 28.9 Å². The van der Waals surface area contributed by atoms with E-state index in [-0.39, 0.29) is 40.8 Å².